The fourth-order valence-corrected chi connectivity index (χ4v) is 3.34. The van der Waals surface area contributed by atoms with Crippen LogP contribution in [0.1, 0.15) is 6.04 Å². The SMILES string of the molecule is NC1COCC(n2c3ccccc3c3ccccc32)C1O. The van der Waals surface area contributed by atoms with Gasteiger partial charge in [0.15, 0.2) is 0 Å². The molecule has 0 saturated carbocycles. The Morgan fingerprint density at radius 1 is 0.952 bits per heavy atom. The van der Waals surface area contributed by atoms with E-state index < -0.39 is 6.10 Å². The maximum Gasteiger partial charge on any atom is 0.0943 e. The van der Waals surface area contributed by atoms with Crippen molar-refractivity contribution in [2.75, 3.05) is 13.2 Å². The highest BCUT2D eigenvalue weighted by atomic mass is 16.5. The minimum Gasteiger partial charge on any atom is -0.389 e. The van der Waals surface area contributed by atoms with Crippen LogP contribution in [0, 0.1) is 0 Å². The third-order valence-corrected chi connectivity index (χ3v) is 4.38. The zero-order valence-electron chi connectivity index (χ0n) is 11.6. The number of nitrogens with two attached hydrogens (primary N) is 1. The molecule has 3 aromatic rings. The van der Waals surface area contributed by atoms with Crippen molar-refractivity contribution in [1.29, 1.82) is 0 Å². The van der Waals surface area contributed by atoms with Crippen molar-refractivity contribution in [2.24, 2.45) is 5.73 Å². The average Bonchev–Trinajstić information content (AvgIpc) is 2.85. The largest absolute Gasteiger partial charge is 0.389 e. The highest BCUT2D eigenvalue weighted by Gasteiger charge is 2.33. The van der Waals surface area contributed by atoms with Gasteiger partial charge < -0.3 is 20.1 Å². The van der Waals surface area contributed by atoms with Crippen LogP contribution in [0.3, 0.4) is 0 Å². The third-order valence-electron chi connectivity index (χ3n) is 4.38. The molecule has 3 atom stereocenters. The zero-order valence-corrected chi connectivity index (χ0v) is 11.6. The molecule has 4 rings (SSSR count). The van der Waals surface area contributed by atoms with E-state index in [-0.39, 0.29) is 12.1 Å². The molecule has 1 aliphatic rings. The lowest BCUT2D eigenvalue weighted by Crippen LogP contribution is -2.49. The van der Waals surface area contributed by atoms with Gasteiger partial charge in [-0.15, -0.1) is 0 Å². The molecule has 1 fully saturated rings. The minimum absolute atomic E-state index is 0.154. The summed E-state index contributed by atoms with van der Waals surface area (Å²) in [5.74, 6) is 0. The Hall–Kier alpha value is -1.88. The number of benzene rings is 2. The highest BCUT2D eigenvalue weighted by molar-refractivity contribution is 6.08. The van der Waals surface area contributed by atoms with E-state index in [9.17, 15) is 5.11 Å². The molecule has 4 heteroatoms. The number of aliphatic hydroxyl groups is 1. The van der Waals surface area contributed by atoms with E-state index >= 15 is 0 Å². The van der Waals surface area contributed by atoms with Gasteiger partial charge in [-0.3, -0.25) is 0 Å². The molecule has 0 amide bonds. The maximum atomic E-state index is 10.5. The van der Waals surface area contributed by atoms with E-state index in [0.717, 1.165) is 11.0 Å². The van der Waals surface area contributed by atoms with Crippen molar-refractivity contribution in [3.63, 3.8) is 0 Å². The summed E-state index contributed by atoms with van der Waals surface area (Å²) >= 11 is 0. The molecule has 108 valence electrons. The first-order valence-corrected chi connectivity index (χ1v) is 7.26. The quantitative estimate of drug-likeness (QED) is 0.718. The van der Waals surface area contributed by atoms with Gasteiger partial charge in [-0.1, -0.05) is 36.4 Å². The Bertz CT molecular complexity index is 742. The molecule has 0 aliphatic carbocycles. The summed E-state index contributed by atoms with van der Waals surface area (Å²) in [5.41, 5.74) is 8.20. The molecule has 0 radical (unpaired) electrons. The van der Waals surface area contributed by atoms with E-state index in [0.29, 0.717) is 13.2 Å². The van der Waals surface area contributed by atoms with Gasteiger partial charge in [-0.05, 0) is 12.1 Å². The Morgan fingerprint density at radius 3 is 2.14 bits per heavy atom. The standard InChI is InChI=1S/C17H18N2O2/c18-13-9-21-10-16(17(13)20)19-14-7-3-1-5-11(14)12-6-2-4-8-15(12)19/h1-8,13,16-17,20H,9-10,18H2. The summed E-state index contributed by atoms with van der Waals surface area (Å²) in [6.45, 7) is 0.895. The van der Waals surface area contributed by atoms with Crippen molar-refractivity contribution in [1.82, 2.24) is 4.57 Å². The molecule has 3 N–H and O–H groups in total. The number of fused-ring (bicyclic) bond motifs is 3. The molecule has 2 heterocycles. The van der Waals surface area contributed by atoms with Gasteiger partial charge >= 0.3 is 0 Å². The van der Waals surface area contributed by atoms with Gasteiger partial charge in [0.1, 0.15) is 0 Å². The zero-order chi connectivity index (χ0) is 14.4. The topological polar surface area (TPSA) is 60.4 Å². The fourth-order valence-electron chi connectivity index (χ4n) is 3.34. The van der Waals surface area contributed by atoms with E-state index in [2.05, 4.69) is 28.8 Å². The molecule has 1 saturated heterocycles. The molecule has 21 heavy (non-hydrogen) atoms. The van der Waals surface area contributed by atoms with Crippen LogP contribution in [-0.2, 0) is 4.74 Å². The van der Waals surface area contributed by atoms with Gasteiger partial charge in [0.2, 0.25) is 0 Å². The number of ether oxygens (including phenoxy) is 1. The second-order valence-electron chi connectivity index (χ2n) is 5.66. The summed E-state index contributed by atoms with van der Waals surface area (Å²) in [6, 6.07) is 16.0. The molecule has 0 bridgehead atoms. The van der Waals surface area contributed by atoms with Crippen LogP contribution >= 0.6 is 0 Å². The van der Waals surface area contributed by atoms with E-state index in [4.69, 9.17) is 10.5 Å². The maximum absolute atomic E-state index is 10.5. The molecule has 3 unspecified atom stereocenters. The fraction of sp³-hybridized carbons (Fsp3) is 0.294. The number of hydrogen-bond donors (Lipinski definition) is 2. The highest BCUT2D eigenvalue weighted by Crippen LogP contribution is 2.34. The first-order chi connectivity index (χ1) is 10.3. The van der Waals surface area contributed by atoms with Crippen LogP contribution in [0.15, 0.2) is 48.5 Å². The number of rotatable bonds is 1. The second kappa shape index (κ2) is 4.84. The van der Waals surface area contributed by atoms with Gasteiger partial charge in [-0.25, -0.2) is 0 Å². The third kappa shape index (κ3) is 1.87. The molecule has 2 aromatic carbocycles. The van der Waals surface area contributed by atoms with E-state index in [1.54, 1.807) is 0 Å². The monoisotopic (exact) mass is 282 g/mol. The van der Waals surface area contributed by atoms with Crippen LogP contribution in [0.2, 0.25) is 0 Å². The summed E-state index contributed by atoms with van der Waals surface area (Å²) < 4.78 is 7.76. The lowest BCUT2D eigenvalue weighted by Gasteiger charge is -2.34. The van der Waals surface area contributed by atoms with E-state index in [1.165, 1.54) is 10.8 Å². The molecule has 1 aromatic heterocycles. The van der Waals surface area contributed by atoms with Crippen molar-refractivity contribution in [2.45, 2.75) is 18.2 Å². The van der Waals surface area contributed by atoms with Crippen LogP contribution in [0.25, 0.3) is 21.8 Å². The summed E-state index contributed by atoms with van der Waals surface area (Å²) in [6.07, 6.45) is -0.599. The first-order valence-electron chi connectivity index (χ1n) is 7.26. The molecule has 4 nitrogen and oxygen atoms in total. The summed E-state index contributed by atoms with van der Waals surface area (Å²) in [4.78, 5) is 0. The first kappa shape index (κ1) is 12.8. The average molecular weight is 282 g/mol. The Kier molecular flexibility index (Phi) is 2.96. The summed E-state index contributed by atoms with van der Waals surface area (Å²) in [5, 5.41) is 12.9. The van der Waals surface area contributed by atoms with Gasteiger partial charge in [0, 0.05) is 21.8 Å². The number of hydrogen-bond acceptors (Lipinski definition) is 3. The van der Waals surface area contributed by atoms with Crippen LogP contribution < -0.4 is 5.73 Å². The van der Waals surface area contributed by atoms with Crippen LogP contribution in [0.5, 0.6) is 0 Å². The number of aliphatic hydroxyl groups excluding tert-OH is 1. The summed E-state index contributed by atoms with van der Waals surface area (Å²) in [7, 11) is 0. The van der Waals surface area contributed by atoms with Gasteiger partial charge in [0.05, 0.1) is 31.4 Å². The van der Waals surface area contributed by atoms with Crippen molar-refractivity contribution in [3.05, 3.63) is 48.5 Å². The second-order valence-corrected chi connectivity index (χ2v) is 5.66. The number of aromatic nitrogens is 1. The smallest absolute Gasteiger partial charge is 0.0943 e. The van der Waals surface area contributed by atoms with Gasteiger partial charge in [-0.2, -0.15) is 0 Å². The van der Waals surface area contributed by atoms with Gasteiger partial charge in [0.25, 0.3) is 0 Å². The molecule has 1 aliphatic heterocycles. The normalized spacial score (nSPS) is 26.5. The predicted molar refractivity (Wildman–Crippen MR) is 83.3 cm³/mol. The number of para-hydroxylation sites is 2. The Labute approximate surface area is 122 Å². The predicted octanol–water partition coefficient (Wildman–Crippen LogP) is 2.05. The minimum atomic E-state index is -0.599. The molecular weight excluding hydrogens is 264 g/mol. The van der Waals surface area contributed by atoms with Crippen molar-refractivity contribution >= 4 is 21.8 Å². The Morgan fingerprint density at radius 2 is 1.52 bits per heavy atom. The van der Waals surface area contributed by atoms with Crippen molar-refractivity contribution in [3.8, 4) is 0 Å². The Balaban J connectivity index is 2.01. The lowest BCUT2D eigenvalue weighted by atomic mass is 10.0. The molecule has 0 spiro atoms. The van der Waals surface area contributed by atoms with Crippen LogP contribution in [0.4, 0.5) is 0 Å². The van der Waals surface area contributed by atoms with E-state index in [1.807, 2.05) is 24.3 Å². The van der Waals surface area contributed by atoms with Crippen LogP contribution in [-0.4, -0.2) is 35.0 Å². The molecular formula is C17H18N2O2. The number of nitrogens with zero attached hydrogens (tertiary/aromatic N) is 1. The lowest BCUT2D eigenvalue weighted by molar-refractivity contribution is -0.0416. The van der Waals surface area contributed by atoms with Crippen molar-refractivity contribution < 1.29 is 9.84 Å².